The molecule has 1 aliphatic heterocycles. The fraction of sp³-hybridized carbons (Fsp3) is 0.384. The number of ketones is 3. The summed E-state index contributed by atoms with van der Waals surface area (Å²) in [6.45, 7) is 27.9. The molecule has 0 saturated carbocycles. The molecule has 1 fully saturated rings. The van der Waals surface area contributed by atoms with E-state index in [1.54, 1.807) is 6.07 Å². The van der Waals surface area contributed by atoms with Gasteiger partial charge in [-0.1, -0.05) is 59.2 Å². The van der Waals surface area contributed by atoms with E-state index in [9.17, 15) is 19.5 Å². The lowest BCUT2D eigenvalue weighted by molar-refractivity contribution is 0.0366. The summed E-state index contributed by atoms with van der Waals surface area (Å²) in [6, 6.07) is 26.0. The number of carbonyl (C=O) groups is 3. The molecule has 4 heterocycles. The molecule has 0 spiro atoms. The van der Waals surface area contributed by atoms with Gasteiger partial charge in [-0.2, -0.15) is 0 Å². The minimum Gasteiger partial charge on any atom is -0.507 e. The van der Waals surface area contributed by atoms with Crippen molar-refractivity contribution in [3.63, 3.8) is 0 Å². The van der Waals surface area contributed by atoms with Crippen molar-refractivity contribution in [2.45, 2.75) is 125 Å². The zero-order valence-corrected chi connectivity index (χ0v) is 49.3. The summed E-state index contributed by atoms with van der Waals surface area (Å²) < 4.78 is 12.7. The first-order valence-electron chi connectivity index (χ1n) is 30.5. The molecule has 0 bridgehead atoms. The monoisotopic (exact) mass is 1120 g/mol. The Bertz CT molecular complexity index is 4090. The van der Waals surface area contributed by atoms with Gasteiger partial charge in [0.05, 0.1) is 24.3 Å². The standard InChI is InChI=1S/C25H26N2O2.C24H26N2O.C23H26N2O2.CH4/c1-16-2-3-19-17(16)4-7-21-24(19)25-20-6-9-23(28)18(20)5-8-22(25)27(21)11-10-26-12-14-29-15-13-26;1-15-5-6-18-16(15)7-10-20-23(18)24-19-9-12-22(27)17(19)8-11-21(24)26(20)14-4-13-25(2)3;1-13(2)24-9-10-25-20-8-7-16-14(3)5-6-17(16)23(20)19-11-18(15(4)26)22(27)12-21(19)25;/h4-5,7-8H,1-3,6,9-15H2;7-8,10-11H,1,4-6,9,12-14H2,2-3H3;7-8,11-13,24,27H,3,5-6,9-10H2,1-2,4H3;1H4. The Morgan fingerprint density at radius 1 is 0.560 bits per heavy atom. The van der Waals surface area contributed by atoms with Crippen LogP contribution in [0.5, 0.6) is 5.75 Å². The predicted molar refractivity (Wildman–Crippen MR) is 348 cm³/mol. The average molecular weight is 1120 g/mol. The van der Waals surface area contributed by atoms with Crippen LogP contribution in [0, 0.1) is 0 Å². The van der Waals surface area contributed by atoms with Gasteiger partial charge in [0, 0.05) is 142 Å². The van der Waals surface area contributed by atoms with Crippen LogP contribution >= 0.6 is 0 Å². The third-order valence-corrected chi connectivity index (χ3v) is 19.1. The van der Waals surface area contributed by atoms with Crippen molar-refractivity contribution in [3.8, 4) is 5.75 Å². The highest BCUT2D eigenvalue weighted by molar-refractivity contribution is 6.19. The van der Waals surface area contributed by atoms with Gasteiger partial charge in [-0.25, -0.2) is 0 Å². The Hall–Kier alpha value is -7.41. The molecule has 11 heteroatoms. The summed E-state index contributed by atoms with van der Waals surface area (Å²) in [7, 11) is 4.26. The molecule has 0 radical (unpaired) electrons. The fourth-order valence-electron chi connectivity index (χ4n) is 15.0. The number of hydrogen-bond acceptors (Lipinski definition) is 8. The second-order valence-corrected chi connectivity index (χ2v) is 24.7. The number of aromatic nitrogens is 3. The van der Waals surface area contributed by atoms with E-state index in [-0.39, 0.29) is 19.0 Å². The first kappa shape index (κ1) is 57.0. The van der Waals surface area contributed by atoms with E-state index in [2.05, 4.69) is 137 Å². The molecular formula is C73H82N6O5. The maximum absolute atomic E-state index is 12.4. The van der Waals surface area contributed by atoms with Gasteiger partial charge in [0.1, 0.15) is 5.75 Å². The molecule has 0 amide bonds. The number of phenolic OH excluding ortho intramolecular Hbond substituents is 1. The van der Waals surface area contributed by atoms with Crippen LogP contribution in [0.1, 0.15) is 142 Å². The molecule has 9 aromatic rings. The van der Waals surface area contributed by atoms with E-state index in [1.807, 2.05) is 6.07 Å². The lowest BCUT2D eigenvalue weighted by atomic mass is 9.97. The smallest absolute Gasteiger partial charge is 0.163 e. The van der Waals surface area contributed by atoms with E-state index in [0.717, 1.165) is 151 Å². The number of nitrogens with zero attached hydrogens (tertiary/aromatic N) is 5. The van der Waals surface area contributed by atoms with Crippen LogP contribution in [-0.4, -0.2) is 112 Å². The molecule has 3 aromatic heterocycles. The average Bonchev–Trinajstić information content (AvgIpc) is 2.16. The van der Waals surface area contributed by atoms with Gasteiger partial charge < -0.3 is 33.8 Å². The number of carbonyl (C=O) groups excluding carboxylic acids is 3. The molecular weight excluding hydrogens is 1040 g/mol. The maximum atomic E-state index is 12.4. The lowest BCUT2D eigenvalue weighted by Crippen LogP contribution is -2.38. The summed E-state index contributed by atoms with van der Waals surface area (Å²) in [6.07, 6.45) is 10.4. The Kier molecular flexibility index (Phi) is 15.5. The number of benzene rings is 6. The summed E-state index contributed by atoms with van der Waals surface area (Å²) in [5.41, 5.74) is 24.0. The van der Waals surface area contributed by atoms with Crippen LogP contribution < -0.4 is 5.32 Å². The van der Waals surface area contributed by atoms with Crippen LogP contribution in [-0.2, 0) is 56.5 Å². The quantitative estimate of drug-likeness (QED) is 0.116. The van der Waals surface area contributed by atoms with Gasteiger partial charge in [0.2, 0.25) is 0 Å². The number of Topliss-reactive ketones (excluding diaryl/α,β-unsaturated/α-hetero) is 3. The Labute approximate surface area is 494 Å². The fourth-order valence-corrected chi connectivity index (χ4v) is 15.0. The zero-order chi connectivity index (χ0) is 57.5. The van der Waals surface area contributed by atoms with Crippen molar-refractivity contribution in [2.75, 3.05) is 60.0 Å². The molecule has 15 rings (SSSR count). The highest BCUT2D eigenvalue weighted by Crippen LogP contribution is 2.47. The summed E-state index contributed by atoms with van der Waals surface area (Å²) in [5, 5.41) is 21.6. The molecule has 6 aliphatic rings. The normalized spacial score (nSPS) is 16.3. The molecule has 5 aliphatic carbocycles. The maximum Gasteiger partial charge on any atom is 0.163 e. The predicted octanol–water partition coefficient (Wildman–Crippen LogP) is 14.3. The summed E-state index contributed by atoms with van der Waals surface area (Å²) >= 11 is 0. The molecule has 11 nitrogen and oxygen atoms in total. The number of rotatable bonds is 12. The van der Waals surface area contributed by atoms with Gasteiger partial charge in [-0.05, 0) is 195 Å². The molecule has 84 heavy (non-hydrogen) atoms. The topological polar surface area (TPSA) is 114 Å². The number of phenols is 1. The third kappa shape index (κ3) is 9.75. The second kappa shape index (κ2) is 22.9. The highest BCUT2D eigenvalue weighted by Gasteiger charge is 2.31. The van der Waals surface area contributed by atoms with Crippen LogP contribution in [0.15, 0.2) is 92.5 Å². The largest absolute Gasteiger partial charge is 0.507 e. The van der Waals surface area contributed by atoms with Crippen molar-refractivity contribution in [1.29, 1.82) is 0 Å². The number of nitrogens with one attached hydrogen (secondary N) is 1. The van der Waals surface area contributed by atoms with Gasteiger partial charge in [-0.15, -0.1) is 0 Å². The van der Waals surface area contributed by atoms with E-state index in [4.69, 9.17) is 4.74 Å². The van der Waals surface area contributed by atoms with Crippen LogP contribution in [0.25, 0.3) is 82.1 Å². The van der Waals surface area contributed by atoms with E-state index < -0.39 is 0 Å². The third-order valence-electron chi connectivity index (χ3n) is 19.1. The number of hydrogen-bond donors (Lipinski definition) is 2. The van der Waals surface area contributed by atoms with Gasteiger partial charge in [0.15, 0.2) is 17.3 Å². The molecule has 2 N–H and O–H groups in total. The molecule has 0 atom stereocenters. The number of aryl methyl sites for hydroxylation is 6. The summed E-state index contributed by atoms with van der Waals surface area (Å²) in [5.74, 6) is 0.538. The number of allylic oxidation sites excluding steroid dienone is 3. The van der Waals surface area contributed by atoms with Crippen molar-refractivity contribution in [3.05, 3.63) is 154 Å². The van der Waals surface area contributed by atoms with Crippen LogP contribution in [0.3, 0.4) is 0 Å². The molecule has 434 valence electrons. The minimum absolute atomic E-state index is 0. The number of morpholine rings is 1. The van der Waals surface area contributed by atoms with Crippen molar-refractivity contribution < 1.29 is 24.2 Å². The molecule has 0 unspecified atom stereocenters. The van der Waals surface area contributed by atoms with E-state index >= 15 is 0 Å². The Morgan fingerprint density at radius 2 is 0.976 bits per heavy atom. The van der Waals surface area contributed by atoms with E-state index in [1.165, 1.54) is 117 Å². The Balaban J connectivity index is 0.000000123. The van der Waals surface area contributed by atoms with Crippen molar-refractivity contribution in [2.24, 2.45) is 0 Å². The molecule has 6 aromatic carbocycles. The first-order valence-corrected chi connectivity index (χ1v) is 30.5. The number of fused-ring (bicyclic) bond motifs is 19. The van der Waals surface area contributed by atoms with Gasteiger partial charge >= 0.3 is 0 Å². The number of aromatic hydroxyl groups is 1. The van der Waals surface area contributed by atoms with E-state index in [0.29, 0.717) is 36.0 Å². The van der Waals surface area contributed by atoms with Gasteiger partial charge in [0.25, 0.3) is 0 Å². The van der Waals surface area contributed by atoms with Crippen molar-refractivity contribution >= 4 is 99.5 Å². The highest BCUT2D eigenvalue weighted by atomic mass is 16.5. The van der Waals surface area contributed by atoms with Crippen LogP contribution in [0.2, 0.25) is 0 Å². The zero-order valence-electron chi connectivity index (χ0n) is 49.3. The minimum atomic E-state index is -0.117. The Morgan fingerprint density at radius 3 is 1.44 bits per heavy atom. The number of ether oxygens (including phenoxy) is 1. The lowest BCUT2D eigenvalue weighted by Gasteiger charge is -2.27. The van der Waals surface area contributed by atoms with Crippen molar-refractivity contribution in [1.82, 2.24) is 28.8 Å². The summed E-state index contributed by atoms with van der Waals surface area (Å²) in [4.78, 5) is 41.5. The van der Waals surface area contributed by atoms with Gasteiger partial charge in [-0.3, -0.25) is 19.3 Å². The van der Waals surface area contributed by atoms with Crippen LogP contribution in [0.4, 0.5) is 0 Å². The first-order chi connectivity index (χ1) is 40.2. The molecule has 1 saturated heterocycles. The second-order valence-electron chi connectivity index (χ2n) is 24.7. The SMILES string of the molecule is C.C=C1CCc2c1ccc1c2c2c3c(ccc2n1CCCN(C)C)C(=O)CC3.C=C1CCc2c1ccc1c2c2c3c(ccc2n1CCN1CCOCC1)C(=O)CC3.C=C1CCc2c1ccc1c2c2cc(C(C)=O)c(O)cc2n1CCNC(C)C.